The Balaban J connectivity index is 2.06. The molecule has 2 saturated carbocycles. The Morgan fingerprint density at radius 2 is 2.14 bits per heavy atom. The molecule has 0 aromatic carbocycles. The van der Waals surface area contributed by atoms with E-state index in [9.17, 15) is 13.6 Å². The highest BCUT2D eigenvalue weighted by Crippen LogP contribution is 2.56. The minimum Gasteiger partial charge on any atom is -0.451 e. The van der Waals surface area contributed by atoms with Gasteiger partial charge in [-0.1, -0.05) is 19.1 Å². The summed E-state index contributed by atoms with van der Waals surface area (Å²) < 4.78 is 31.0. The van der Waals surface area contributed by atoms with Crippen molar-refractivity contribution < 1.29 is 23.4 Å². The molecule has 0 amide bonds. The van der Waals surface area contributed by atoms with Gasteiger partial charge in [0.2, 0.25) is 0 Å². The molecule has 0 radical (unpaired) electrons. The van der Waals surface area contributed by atoms with Crippen LogP contribution >= 0.6 is 0 Å². The van der Waals surface area contributed by atoms with Gasteiger partial charge in [0.05, 0.1) is 12.5 Å². The van der Waals surface area contributed by atoms with Gasteiger partial charge in [0.1, 0.15) is 0 Å². The SMILES string of the molecule is C/C=C\CC1C(C)C2CC(C(=O)OC(C)(CO)C(F)F)C1C2. The van der Waals surface area contributed by atoms with Gasteiger partial charge in [-0.15, -0.1) is 0 Å². The third-order valence-corrected chi connectivity index (χ3v) is 5.67. The molecule has 126 valence electrons. The average Bonchev–Trinajstić information content (AvgIpc) is 3.03. The molecule has 0 heterocycles. The molecule has 0 aromatic rings. The van der Waals surface area contributed by atoms with E-state index in [0.717, 1.165) is 26.2 Å². The lowest BCUT2D eigenvalue weighted by atomic mass is 9.73. The lowest BCUT2D eigenvalue weighted by Crippen LogP contribution is -2.45. The smallest absolute Gasteiger partial charge is 0.310 e. The van der Waals surface area contributed by atoms with Crippen molar-refractivity contribution in [2.45, 2.75) is 52.1 Å². The normalized spacial score (nSPS) is 37.0. The van der Waals surface area contributed by atoms with Gasteiger partial charge < -0.3 is 9.84 Å². The number of aliphatic hydroxyl groups excluding tert-OH is 1. The number of esters is 1. The maximum Gasteiger partial charge on any atom is 0.310 e. The molecule has 2 aliphatic carbocycles. The first-order valence-corrected chi connectivity index (χ1v) is 8.07. The van der Waals surface area contributed by atoms with Gasteiger partial charge in [-0.2, -0.15) is 0 Å². The van der Waals surface area contributed by atoms with Crippen LogP contribution in [0.4, 0.5) is 8.78 Å². The molecule has 6 atom stereocenters. The van der Waals surface area contributed by atoms with E-state index >= 15 is 0 Å². The Bertz CT molecular complexity index is 438. The quantitative estimate of drug-likeness (QED) is 0.603. The first-order valence-electron chi connectivity index (χ1n) is 8.07. The maximum atomic E-state index is 13.0. The lowest BCUT2D eigenvalue weighted by Gasteiger charge is -2.35. The molecule has 1 N–H and O–H groups in total. The third-order valence-electron chi connectivity index (χ3n) is 5.67. The first kappa shape index (κ1) is 17.4. The van der Waals surface area contributed by atoms with E-state index in [2.05, 4.69) is 13.0 Å². The monoisotopic (exact) mass is 316 g/mol. The summed E-state index contributed by atoms with van der Waals surface area (Å²) >= 11 is 0. The standard InChI is InChI=1S/C17H26F2O3/c1-4-5-6-12-10(2)11-7-13(12)14(8-11)15(21)22-17(3,9-20)16(18)19/h4-5,10-14,16,20H,6-9H2,1-3H3/b5-4-. The zero-order valence-electron chi connectivity index (χ0n) is 13.5. The number of carbonyl (C=O) groups is 1. The number of allylic oxidation sites excluding steroid dienone is 2. The number of fused-ring (bicyclic) bond motifs is 2. The highest BCUT2D eigenvalue weighted by molar-refractivity contribution is 5.74. The fourth-order valence-electron chi connectivity index (χ4n) is 4.16. The number of hydrogen-bond donors (Lipinski definition) is 1. The van der Waals surface area contributed by atoms with Crippen LogP contribution in [0.2, 0.25) is 0 Å². The van der Waals surface area contributed by atoms with Gasteiger partial charge in [0, 0.05) is 0 Å². The predicted molar refractivity (Wildman–Crippen MR) is 79.4 cm³/mol. The Morgan fingerprint density at radius 1 is 1.45 bits per heavy atom. The molecule has 6 unspecified atom stereocenters. The molecule has 0 spiro atoms. The van der Waals surface area contributed by atoms with E-state index in [4.69, 9.17) is 9.84 Å². The summed E-state index contributed by atoms with van der Waals surface area (Å²) in [7, 11) is 0. The van der Waals surface area contributed by atoms with Crippen LogP contribution in [0, 0.1) is 29.6 Å². The van der Waals surface area contributed by atoms with Crippen molar-refractivity contribution in [1.29, 1.82) is 0 Å². The third kappa shape index (κ3) is 3.05. The predicted octanol–water partition coefficient (Wildman–Crippen LogP) is 3.42. The Kier molecular flexibility index (Phi) is 5.25. The van der Waals surface area contributed by atoms with Crippen LogP contribution in [0.5, 0.6) is 0 Å². The average molecular weight is 316 g/mol. The van der Waals surface area contributed by atoms with Crippen LogP contribution in [0.15, 0.2) is 12.2 Å². The molecular formula is C17H26F2O3. The number of ether oxygens (including phenoxy) is 1. The van der Waals surface area contributed by atoms with Crippen LogP contribution in [-0.4, -0.2) is 29.7 Å². The van der Waals surface area contributed by atoms with E-state index in [0.29, 0.717) is 17.8 Å². The molecule has 2 rings (SSSR count). The number of aliphatic hydroxyl groups is 1. The molecule has 3 nitrogen and oxygen atoms in total. The van der Waals surface area contributed by atoms with Gasteiger partial charge in [0.25, 0.3) is 6.43 Å². The minimum atomic E-state index is -2.89. The summed E-state index contributed by atoms with van der Waals surface area (Å²) in [4.78, 5) is 12.4. The molecule has 5 heteroatoms. The van der Waals surface area contributed by atoms with Crippen molar-refractivity contribution in [3.05, 3.63) is 12.2 Å². The molecular weight excluding hydrogens is 290 g/mol. The summed E-state index contributed by atoms with van der Waals surface area (Å²) in [6.07, 6.45) is 3.86. The van der Waals surface area contributed by atoms with E-state index in [1.807, 2.05) is 13.0 Å². The van der Waals surface area contributed by atoms with Crippen LogP contribution < -0.4 is 0 Å². The lowest BCUT2D eigenvalue weighted by molar-refractivity contribution is -0.190. The number of rotatable bonds is 6. The van der Waals surface area contributed by atoms with E-state index in [-0.39, 0.29) is 11.8 Å². The maximum absolute atomic E-state index is 13.0. The number of alkyl halides is 2. The summed E-state index contributed by atoms with van der Waals surface area (Å²) in [5.74, 6) is 0.792. The Hall–Kier alpha value is -0.970. The van der Waals surface area contributed by atoms with E-state index in [1.54, 1.807) is 0 Å². The second-order valence-electron chi connectivity index (χ2n) is 7.02. The van der Waals surface area contributed by atoms with Gasteiger partial charge in [0.15, 0.2) is 5.60 Å². The van der Waals surface area contributed by atoms with Crippen molar-refractivity contribution in [3.8, 4) is 0 Å². The Morgan fingerprint density at radius 3 is 2.64 bits per heavy atom. The molecule has 2 aliphatic rings. The van der Waals surface area contributed by atoms with Crippen LogP contribution in [0.3, 0.4) is 0 Å². The number of halogens is 2. The highest BCUT2D eigenvalue weighted by Gasteiger charge is 2.54. The summed E-state index contributed by atoms with van der Waals surface area (Å²) in [5.41, 5.74) is -2.09. The van der Waals surface area contributed by atoms with E-state index in [1.165, 1.54) is 0 Å². The van der Waals surface area contributed by atoms with Crippen LogP contribution in [0.25, 0.3) is 0 Å². The largest absolute Gasteiger partial charge is 0.451 e. The van der Waals surface area contributed by atoms with Crippen LogP contribution in [-0.2, 0) is 9.53 Å². The summed E-state index contributed by atoms with van der Waals surface area (Å²) in [6, 6.07) is 0. The Labute approximate surface area is 130 Å². The second kappa shape index (κ2) is 6.65. The first-order chi connectivity index (χ1) is 10.3. The zero-order chi connectivity index (χ0) is 16.5. The molecule has 22 heavy (non-hydrogen) atoms. The molecule has 0 saturated heterocycles. The zero-order valence-corrected chi connectivity index (χ0v) is 13.5. The molecule has 2 bridgehead atoms. The number of carbonyl (C=O) groups excluding carboxylic acids is 1. The summed E-state index contributed by atoms with van der Waals surface area (Å²) in [5, 5.41) is 9.12. The van der Waals surface area contributed by atoms with Crippen molar-refractivity contribution in [2.75, 3.05) is 6.61 Å². The fraction of sp³-hybridized carbons (Fsp3) is 0.824. The van der Waals surface area contributed by atoms with Crippen molar-refractivity contribution in [2.24, 2.45) is 29.6 Å². The minimum absolute atomic E-state index is 0.212. The topological polar surface area (TPSA) is 46.5 Å². The van der Waals surface area contributed by atoms with Crippen molar-refractivity contribution >= 4 is 5.97 Å². The van der Waals surface area contributed by atoms with Crippen molar-refractivity contribution in [1.82, 2.24) is 0 Å². The number of hydrogen-bond acceptors (Lipinski definition) is 3. The van der Waals surface area contributed by atoms with Gasteiger partial charge >= 0.3 is 5.97 Å². The highest BCUT2D eigenvalue weighted by atomic mass is 19.3. The van der Waals surface area contributed by atoms with Crippen LogP contribution in [0.1, 0.15) is 40.0 Å². The molecule has 2 fully saturated rings. The second-order valence-corrected chi connectivity index (χ2v) is 7.02. The molecule has 0 aromatic heterocycles. The van der Waals surface area contributed by atoms with Gasteiger partial charge in [-0.25, -0.2) is 8.78 Å². The van der Waals surface area contributed by atoms with Crippen molar-refractivity contribution in [3.63, 3.8) is 0 Å². The van der Waals surface area contributed by atoms with Gasteiger partial charge in [-0.05, 0) is 56.8 Å². The van der Waals surface area contributed by atoms with Gasteiger partial charge in [-0.3, -0.25) is 4.79 Å². The summed E-state index contributed by atoms with van der Waals surface area (Å²) in [6.45, 7) is 4.41. The molecule has 0 aliphatic heterocycles. The fourth-order valence-corrected chi connectivity index (χ4v) is 4.16. The van der Waals surface area contributed by atoms with E-state index < -0.39 is 24.6 Å².